The molecule has 1 N–H and O–H groups in total. The first kappa shape index (κ1) is 13.9. The fourth-order valence-corrected chi connectivity index (χ4v) is 1.24. The van der Waals surface area contributed by atoms with Crippen LogP contribution in [-0.2, 0) is 0 Å². The summed E-state index contributed by atoms with van der Waals surface area (Å²) in [5.74, 6) is -2.91. The van der Waals surface area contributed by atoms with E-state index in [2.05, 4.69) is 0 Å². The number of ether oxygens (including phenoxy) is 1. The third kappa shape index (κ3) is 2.93. The molecule has 0 aliphatic heterocycles. The van der Waals surface area contributed by atoms with Gasteiger partial charge in [-0.3, -0.25) is 10.1 Å². The number of hydrogen-bond donors (Lipinski definition) is 1. The zero-order chi connectivity index (χ0) is 13.9. The molecule has 1 rings (SSSR count). The van der Waals surface area contributed by atoms with Crippen LogP contribution in [0.15, 0.2) is 12.1 Å². The fourth-order valence-electron chi connectivity index (χ4n) is 1.24. The van der Waals surface area contributed by atoms with E-state index in [0.717, 1.165) is 6.07 Å². The maximum Gasteiger partial charge on any atom is 0.338 e. The van der Waals surface area contributed by atoms with Gasteiger partial charge in [-0.2, -0.15) is 0 Å². The fraction of sp³-hybridized carbons (Fsp3) is 0.364. The number of aromatic carboxylic acids is 1. The summed E-state index contributed by atoms with van der Waals surface area (Å²) in [7, 11) is 0. The van der Waals surface area contributed by atoms with Crippen molar-refractivity contribution < 1.29 is 24.0 Å². The SMILES string of the molecule is CCC(C)Oc1cc(C(=O)O)c(F)cc1[N+](=O)[O-]. The molecule has 0 aromatic heterocycles. The molecule has 0 saturated carbocycles. The van der Waals surface area contributed by atoms with Gasteiger partial charge in [-0.05, 0) is 13.3 Å². The highest BCUT2D eigenvalue weighted by Gasteiger charge is 2.23. The number of rotatable bonds is 5. The molecular formula is C11H12FNO5. The number of carboxylic acids is 1. The van der Waals surface area contributed by atoms with Crippen molar-refractivity contribution in [3.63, 3.8) is 0 Å². The van der Waals surface area contributed by atoms with Gasteiger partial charge >= 0.3 is 11.7 Å². The summed E-state index contributed by atoms with van der Waals surface area (Å²) in [6.07, 6.45) is 0.243. The Bertz CT molecular complexity index is 489. The summed E-state index contributed by atoms with van der Waals surface area (Å²) in [6.45, 7) is 3.48. The van der Waals surface area contributed by atoms with Crippen LogP contribution in [-0.4, -0.2) is 22.1 Å². The van der Waals surface area contributed by atoms with Crippen LogP contribution in [0.25, 0.3) is 0 Å². The summed E-state index contributed by atoms with van der Waals surface area (Å²) >= 11 is 0. The number of benzene rings is 1. The van der Waals surface area contributed by atoms with Crippen molar-refractivity contribution in [2.45, 2.75) is 26.4 Å². The van der Waals surface area contributed by atoms with E-state index in [1.807, 2.05) is 0 Å². The molecule has 1 atom stereocenters. The van der Waals surface area contributed by atoms with Crippen LogP contribution >= 0.6 is 0 Å². The highest BCUT2D eigenvalue weighted by atomic mass is 19.1. The van der Waals surface area contributed by atoms with Gasteiger partial charge < -0.3 is 9.84 Å². The number of halogens is 1. The monoisotopic (exact) mass is 257 g/mol. The second-order valence-corrected chi connectivity index (χ2v) is 3.70. The summed E-state index contributed by atoms with van der Waals surface area (Å²) in [5, 5.41) is 19.5. The normalized spacial score (nSPS) is 11.9. The third-order valence-corrected chi connectivity index (χ3v) is 2.38. The van der Waals surface area contributed by atoms with Gasteiger partial charge in [0, 0.05) is 6.07 Å². The summed E-state index contributed by atoms with van der Waals surface area (Å²) < 4.78 is 18.5. The zero-order valence-electron chi connectivity index (χ0n) is 9.84. The topological polar surface area (TPSA) is 89.7 Å². The summed E-state index contributed by atoms with van der Waals surface area (Å²) in [6, 6.07) is 1.39. The predicted octanol–water partition coefficient (Wildman–Crippen LogP) is 2.61. The van der Waals surface area contributed by atoms with E-state index in [1.54, 1.807) is 13.8 Å². The number of carbonyl (C=O) groups is 1. The van der Waals surface area contributed by atoms with Crippen LogP contribution in [0.2, 0.25) is 0 Å². The lowest BCUT2D eigenvalue weighted by Crippen LogP contribution is -2.12. The lowest BCUT2D eigenvalue weighted by atomic mass is 10.1. The predicted molar refractivity (Wildman–Crippen MR) is 60.4 cm³/mol. The molecule has 0 saturated heterocycles. The number of nitro benzene ring substituents is 1. The molecule has 98 valence electrons. The highest BCUT2D eigenvalue weighted by molar-refractivity contribution is 5.89. The zero-order valence-corrected chi connectivity index (χ0v) is 9.84. The summed E-state index contributed by atoms with van der Waals surface area (Å²) in [5.41, 5.74) is -1.24. The van der Waals surface area contributed by atoms with E-state index in [4.69, 9.17) is 9.84 Å². The Morgan fingerprint density at radius 2 is 2.22 bits per heavy atom. The van der Waals surface area contributed by atoms with Crippen LogP contribution in [0, 0.1) is 15.9 Å². The van der Waals surface area contributed by atoms with Crippen molar-refractivity contribution in [3.8, 4) is 5.75 Å². The van der Waals surface area contributed by atoms with E-state index in [1.165, 1.54) is 0 Å². The smallest absolute Gasteiger partial charge is 0.338 e. The third-order valence-electron chi connectivity index (χ3n) is 2.38. The molecule has 0 aliphatic carbocycles. The Balaban J connectivity index is 3.30. The average molecular weight is 257 g/mol. The van der Waals surface area contributed by atoms with Crippen molar-refractivity contribution in [3.05, 3.63) is 33.6 Å². The van der Waals surface area contributed by atoms with E-state index >= 15 is 0 Å². The standard InChI is InChI=1S/C11H12FNO5/c1-3-6(2)18-10-4-7(11(14)15)8(12)5-9(10)13(16)17/h4-6H,3H2,1-2H3,(H,14,15). The lowest BCUT2D eigenvalue weighted by molar-refractivity contribution is -0.386. The molecule has 0 heterocycles. The van der Waals surface area contributed by atoms with E-state index < -0.39 is 28.0 Å². The van der Waals surface area contributed by atoms with Gasteiger partial charge in [0.2, 0.25) is 0 Å². The molecule has 1 unspecified atom stereocenters. The highest BCUT2D eigenvalue weighted by Crippen LogP contribution is 2.31. The molecule has 0 bridgehead atoms. The van der Waals surface area contributed by atoms with Crippen LogP contribution in [0.5, 0.6) is 5.75 Å². The van der Waals surface area contributed by atoms with Gasteiger partial charge in [-0.15, -0.1) is 0 Å². The number of nitro groups is 1. The first-order chi connectivity index (χ1) is 8.36. The van der Waals surface area contributed by atoms with Crippen LogP contribution in [0.3, 0.4) is 0 Å². The molecule has 18 heavy (non-hydrogen) atoms. The number of nitrogens with zero attached hydrogens (tertiary/aromatic N) is 1. The molecule has 0 fully saturated rings. The van der Waals surface area contributed by atoms with Gasteiger partial charge in [0.1, 0.15) is 5.82 Å². The second-order valence-electron chi connectivity index (χ2n) is 3.70. The number of hydrogen-bond acceptors (Lipinski definition) is 4. The van der Waals surface area contributed by atoms with Crippen molar-refractivity contribution in [2.24, 2.45) is 0 Å². The van der Waals surface area contributed by atoms with Gasteiger partial charge in [-0.1, -0.05) is 6.92 Å². The Morgan fingerprint density at radius 1 is 1.61 bits per heavy atom. The largest absolute Gasteiger partial charge is 0.484 e. The van der Waals surface area contributed by atoms with Crippen LogP contribution in [0.4, 0.5) is 10.1 Å². The molecule has 1 aromatic carbocycles. The first-order valence-electron chi connectivity index (χ1n) is 5.24. The van der Waals surface area contributed by atoms with Gasteiger partial charge in [-0.25, -0.2) is 9.18 Å². The minimum Gasteiger partial charge on any atom is -0.484 e. The Hall–Kier alpha value is -2.18. The Labute approximate surface area is 102 Å². The quantitative estimate of drug-likeness (QED) is 0.646. The summed E-state index contributed by atoms with van der Waals surface area (Å²) in [4.78, 5) is 20.7. The molecule has 0 amide bonds. The van der Waals surface area contributed by atoms with Crippen molar-refractivity contribution in [2.75, 3.05) is 0 Å². The van der Waals surface area contributed by atoms with E-state index in [0.29, 0.717) is 12.5 Å². The minimum absolute atomic E-state index is 0.242. The van der Waals surface area contributed by atoms with E-state index in [-0.39, 0.29) is 11.9 Å². The maximum absolute atomic E-state index is 13.3. The van der Waals surface area contributed by atoms with Gasteiger partial charge in [0.05, 0.1) is 22.7 Å². The van der Waals surface area contributed by atoms with Gasteiger partial charge in [0.25, 0.3) is 0 Å². The van der Waals surface area contributed by atoms with Crippen molar-refractivity contribution in [1.29, 1.82) is 0 Å². The molecule has 7 heteroatoms. The molecule has 0 aliphatic rings. The molecular weight excluding hydrogens is 245 g/mol. The van der Waals surface area contributed by atoms with Crippen molar-refractivity contribution >= 4 is 11.7 Å². The van der Waals surface area contributed by atoms with E-state index in [9.17, 15) is 19.3 Å². The molecule has 6 nitrogen and oxygen atoms in total. The van der Waals surface area contributed by atoms with Crippen LogP contribution < -0.4 is 4.74 Å². The molecule has 0 spiro atoms. The first-order valence-corrected chi connectivity index (χ1v) is 5.24. The number of carboxylic acid groups (broad SMARTS) is 1. The maximum atomic E-state index is 13.3. The minimum atomic E-state index is -1.50. The Kier molecular flexibility index (Phi) is 4.19. The van der Waals surface area contributed by atoms with Crippen molar-refractivity contribution in [1.82, 2.24) is 0 Å². The lowest BCUT2D eigenvalue weighted by Gasteiger charge is -2.13. The molecule has 1 aromatic rings. The van der Waals surface area contributed by atoms with Gasteiger partial charge in [0.15, 0.2) is 5.75 Å². The average Bonchev–Trinajstić information content (AvgIpc) is 2.29. The second kappa shape index (κ2) is 5.44. The molecule has 0 radical (unpaired) electrons. The van der Waals surface area contributed by atoms with Crippen LogP contribution in [0.1, 0.15) is 30.6 Å². The Morgan fingerprint density at radius 3 is 2.67 bits per heavy atom.